The van der Waals surface area contributed by atoms with Crippen LogP contribution in [0.1, 0.15) is 65.2 Å². The first-order valence-electron chi connectivity index (χ1n) is 8.68. The summed E-state index contributed by atoms with van der Waals surface area (Å²) in [5.74, 6) is 1.18. The zero-order chi connectivity index (χ0) is 15.0. The molecule has 1 heterocycles. The molecule has 3 unspecified atom stereocenters. The van der Waals surface area contributed by atoms with E-state index < -0.39 is 5.54 Å². The Balaban J connectivity index is 1.85. The first-order chi connectivity index (χ1) is 10.1. The molecular weight excluding hydrogens is 264 g/mol. The van der Waals surface area contributed by atoms with Gasteiger partial charge >= 0.3 is 0 Å². The molecule has 2 aliphatic carbocycles. The summed E-state index contributed by atoms with van der Waals surface area (Å²) in [6.07, 6.45) is 8.57. The molecule has 3 aliphatic rings. The Morgan fingerprint density at radius 2 is 1.90 bits per heavy atom. The van der Waals surface area contributed by atoms with Crippen LogP contribution in [0.3, 0.4) is 0 Å². The molecule has 1 N–H and O–H groups in total. The molecule has 0 aromatic rings. The standard InChI is InChI=1S/C17H28N2O2/c1-3-12-6-4-5-7-14(12)19-11-10-15(20)18-17(2,16(19)21)13-8-9-13/h12-14H,3-11H2,1-2H3,(H,18,20). The van der Waals surface area contributed by atoms with Crippen molar-refractivity contribution in [1.82, 2.24) is 10.2 Å². The van der Waals surface area contributed by atoms with Crippen molar-refractivity contribution in [3.05, 3.63) is 0 Å². The summed E-state index contributed by atoms with van der Waals surface area (Å²) in [6, 6.07) is 0.349. The van der Waals surface area contributed by atoms with Crippen molar-refractivity contribution in [2.24, 2.45) is 11.8 Å². The fourth-order valence-corrected chi connectivity index (χ4v) is 4.36. The Morgan fingerprint density at radius 1 is 1.19 bits per heavy atom. The third-order valence-corrected chi connectivity index (χ3v) is 5.87. The van der Waals surface area contributed by atoms with E-state index >= 15 is 0 Å². The predicted octanol–water partition coefficient (Wildman–Crippen LogP) is 2.47. The lowest BCUT2D eigenvalue weighted by Gasteiger charge is -2.42. The summed E-state index contributed by atoms with van der Waals surface area (Å²) in [5.41, 5.74) is -0.649. The van der Waals surface area contributed by atoms with Crippen LogP contribution in [-0.4, -0.2) is 34.8 Å². The van der Waals surface area contributed by atoms with E-state index in [2.05, 4.69) is 17.1 Å². The number of amides is 2. The molecule has 0 radical (unpaired) electrons. The van der Waals surface area contributed by atoms with E-state index in [1.54, 1.807) is 0 Å². The maximum atomic E-state index is 13.2. The number of carbonyl (C=O) groups is 2. The van der Waals surface area contributed by atoms with Crippen LogP contribution in [0.5, 0.6) is 0 Å². The average molecular weight is 292 g/mol. The molecule has 21 heavy (non-hydrogen) atoms. The zero-order valence-electron chi connectivity index (χ0n) is 13.4. The monoisotopic (exact) mass is 292 g/mol. The van der Waals surface area contributed by atoms with Crippen molar-refractivity contribution in [3.63, 3.8) is 0 Å². The Labute approximate surface area is 127 Å². The minimum absolute atomic E-state index is 0.0455. The number of nitrogens with zero attached hydrogens (tertiary/aromatic N) is 1. The highest BCUT2D eigenvalue weighted by Crippen LogP contribution is 2.42. The summed E-state index contributed by atoms with van der Waals surface area (Å²) in [4.78, 5) is 27.3. The smallest absolute Gasteiger partial charge is 0.248 e. The van der Waals surface area contributed by atoms with Gasteiger partial charge in [-0.05, 0) is 44.4 Å². The lowest BCUT2D eigenvalue weighted by atomic mass is 9.81. The molecule has 0 aromatic carbocycles. The lowest BCUT2D eigenvalue weighted by molar-refractivity contribution is -0.143. The van der Waals surface area contributed by atoms with Gasteiger partial charge in [-0.25, -0.2) is 0 Å². The molecule has 4 heteroatoms. The van der Waals surface area contributed by atoms with Crippen LogP contribution < -0.4 is 5.32 Å². The van der Waals surface area contributed by atoms with E-state index in [1.807, 2.05) is 6.92 Å². The van der Waals surface area contributed by atoms with Crippen LogP contribution in [0.2, 0.25) is 0 Å². The van der Waals surface area contributed by atoms with Crippen LogP contribution >= 0.6 is 0 Å². The molecule has 4 nitrogen and oxygen atoms in total. The highest BCUT2D eigenvalue weighted by Gasteiger charge is 2.52. The van der Waals surface area contributed by atoms with Crippen molar-refractivity contribution in [3.8, 4) is 0 Å². The first-order valence-corrected chi connectivity index (χ1v) is 8.68. The van der Waals surface area contributed by atoms with Gasteiger partial charge in [-0.2, -0.15) is 0 Å². The van der Waals surface area contributed by atoms with Gasteiger partial charge in [0.25, 0.3) is 0 Å². The van der Waals surface area contributed by atoms with Gasteiger partial charge in [0.05, 0.1) is 0 Å². The predicted molar refractivity (Wildman–Crippen MR) is 81.6 cm³/mol. The molecule has 1 aliphatic heterocycles. The summed E-state index contributed by atoms with van der Waals surface area (Å²) >= 11 is 0. The number of hydrogen-bond donors (Lipinski definition) is 1. The SMILES string of the molecule is CCC1CCCCC1N1CCC(=O)NC(C)(C2CC2)C1=O. The molecular formula is C17H28N2O2. The number of nitrogens with one attached hydrogen (secondary N) is 1. The maximum Gasteiger partial charge on any atom is 0.248 e. The van der Waals surface area contributed by atoms with Gasteiger partial charge in [-0.1, -0.05) is 26.2 Å². The summed E-state index contributed by atoms with van der Waals surface area (Å²) < 4.78 is 0. The van der Waals surface area contributed by atoms with Crippen molar-refractivity contribution < 1.29 is 9.59 Å². The van der Waals surface area contributed by atoms with Gasteiger partial charge in [-0.15, -0.1) is 0 Å². The molecule has 2 saturated carbocycles. The summed E-state index contributed by atoms with van der Waals surface area (Å²) in [6.45, 7) is 4.79. The molecule has 0 spiro atoms. The molecule has 0 bridgehead atoms. The normalized spacial score (nSPS) is 38.1. The van der Waals surface area contributed by atoms with Gasteiger partial charge in [0.1, 0.15) is 5.54 Å². The van der Waals surface area contributed by atoms with E-state index in [0.717, 1.165) is 25.7 Å². The molecule has 2 amide bonds. The van der Waals surface area contributed by atoms with E-state index in [0.29, 0.717) is 30.8 Å². The van der Waals surface area contributed by atoms with Crippen molar-refractivity contribution in [2.75, 3.05) is 6.54 Å². The van der Waals surface area contributed by atoms with Gasteiger partial charge < -0.3 is 10.2 Å². The van der Waals surface area contributed by atoms with Crippen LogP contribution in [-0.2, 0) is 9.59 Å². The van der Waals surface area contributed by atoms with Crippen molar-refractivity contribution in [2.45, 2.75) is 76.8 Å². The summed E-state index contributed by atoms with van der Waals surface area (Å²) in [7, 11) is 0. The minimum Gasteiger partial charge on any atom is -0.342 e. The molecule has 3 atom stereocenters. The van der Waals surface area contributed by atoms with Gasteiger partial charge in [-0.3, -0.25) is 9.59 Å². The fraction of sp³-hybridized carbons (Fsp3) is 0.882. The van der Waals surface area contributed by atoms with Crippen LogP contribution in [0, 0.1) is 11.8 Å². The second-order valence-electron chi connectivity index (χ2n) is 7.29. The highest BCUT2D eigenvalue weighted by atomic mass is 16.2. The third kappa shape index (κ3) is 2.69. The molecule has 118 valence electrons. The highest BCUT2D eigenvalue weighted by molar-refractivity contribution is 5.94. The van der Waals surface area contributed by atoms with Crippen LogP contribution in [0.25, 0.3) is 0 Å². The molecule has 3 rings (SSSR count). The largest absolute Gasteiger partial charge is 0.342 e. The van der Waals surface area contributed by atoms with Crippen molar-refractivity contribution in [1.29, 1.82) is 0 Å². The van der Waals surface area contributed by atoms with Gasteiger partial charge in [0.15, 0.2) is 0 Å². The maximum absolute atomic E-state index is 13.2. The van der Waals surface area contributed by atoms with Gasteiger partial charge in [0.2, 0.25) is 11.8 Å². The minimum atomic E-state index is -0.649. The lowest BCUT2D eigenvalue weighted by Crippen LogP contribution is -2.59. The Bertz CT molecular complexity index is 433. The van der Waals surface area contributed by atoms with Gasteiger partial charge in [0, 0.05) is 19.0 Å². The first kappa shape index (κ1) is 14.9. The van der Waals surface area contributed by atoms with E-state index in [9.17, 15) is 9.59 Å². The average Bonchev–Trinajstić information content (AvgIpc) is 3.32. The Morgan fingerprint density at radius 3 is 2.57 bits per heavy atom. The van der Waals surface area contributed by atoms with Crippen LogP contribution in [0.4, 0.5) is 0 Å². The number of hydrogen-bond acceptors (Lipinski definition) is 2. The molecule has 1 saturated heterocycles. The van der Waals surface area contributed by atoms with E-state index in [1.165, 1.54) is 19.3 Å². The summed E-state index contributed by atoms with van der Waals surface area (Å²) in [5, 5.41) is 3.04. The molecule has 0 aromatic heterocycles. The quantitative estimate of drug-likeness (QED) is 0.868. The Kier molecular flexibility index (Phi) is 3.98. The zero-order valence-corrected chi connectivity index (χ0v) is 13.4. The van der Waals surface area contributed by atoms with Crippen molar-refractivity contribution >= 4 is 11.8 Å². The Hall–Kier alpha value is -1.06. The topological polar surface area (TPSA) is 49.4 Å². The second-order valence-corrected chi connectivity index (χ2v) is 7.29. The second kappa shape index (κ2) is 5.62. The fourth-order valence-electron chi connectivity index (χ4n) is 4.36. The van der Waals surface area contributed by atoms with E-state index in [-0.39, 0.29) is 11.8 Å². The molecule has 3 fully saturated rings. The number of carbonyl (C=O) groups excluding carboxylic acids is 2. The third-order valence-electron chi connectivity index (χ3n) is 5.87. The van der Waals surface area contributed by atoms with E-state index in [4.69, 9.17) is 0 Å². The van der Waals surface area contributed by atoms with Crippen LogP contribution in [0.15, 0.2) is 0 Å². The number of rotatable bonds is 3.